The van der Waals surface area contributed by atoms with Gasteiger partial charge in [-0.15, -0.1) is 0 Å². The fraction of sp³-hybridized carbons (Fsp3) is 0.667. The van der Waals surface area contributed by atoms with E-state index in [1.165, 1.54) is 6.42 Å². The number of aromatic nitrogens is 1. The molecule has 2 rings (SSSR count). The van der Waals surface area contributed by atoms with Crippen LogP contribution in [0.5, 0.6) is 0 Å². The molecule has 2 unspecified atom stereocenters. The second-order valence-electron chi connectivity index (χ2n) is 4.58. The number of aryl methyl sites for hydroxylation is 2. The summed E-state index contributed by atoms with van der Waals surface area (Å²) in [6, 6.07) is 2.06. The van der Waals surface area contributed by atoms with Crippen molar-refractivity contribution >= 4 is 0 Å². The molecular formula is C12H20N2O. The number of rotatable bonds is 2. The van der Waals surface area contributed by atoms with Crippen molar-refractivity contribution in [3.8, 4) is 0 Å². The van der Waals surface area contributed by atoms with Gasteiger partial charge in [0.2, 0.25) is 0 Å². The van der Waals surface area contributed by atoms with E-state index in [1.54, 1.807) is 0 Å². The Balaban J connectivity index is 2.12. The van der Waals surface area contributed by atoms with Gasteiger partial charge in [0, 0.05) is 29.4 Å². The number of nitrogens with one attached hydrogen (secondary N) is 2. The molecule has 1 aromatic rings. The van der Waals surface area contributed by atoms with Crippen LogP contribution in [0.3, 0.4) is 0 Å². The van der Waals surface area contributed by atoms with Gasteiger partial charge in [0.15, 0.2) is 0 Å². The van der Waals surface area contributed by atoms with Gasteiger partial charge in [-0.05, 0) is 39.3 Å². The highest BCUT2D eigenvalue weighted by molar-refractivity contribution is 5.27. The molecule has 3 nitrogen and oxygen atoms in total. The molecule has 0 radical (unpaired) electrons. The van der Waals surface area contributed by atoms with E-state index in [0.29, 0.717) is 5.92 Å². The van der Waals surface area contributed by atoms with E-state index in [9.17, 15) is 5.11 Å². The highest BCUT2D eigenvalue weighted by Crippen LogP contribution is 2.29. The lowest BCUT2D eigenvalue weighted by atomic mass is 9.89. The molecule has 84 valence electrons. The minimum atomic E-state index is -0.317. The van der Waals surface area contributed by atoms with Gasteiger partial charge in [-0.1, -0.05) is 0 Å². The van der Waals surface area contributed by atoms with Crippen molar-refractivity contribution in [2.75, 3.05) is 13.1 Å². The molecule has 1 saturated heterocycles. The molecule has 2 atom stereocenters. The highest BCUT2D eigenvalue weighted by Gasteiger charge is 2.24. The lowest BCUT2D eigenvalue weighted by molar-refractivity contribution is 0.0917. The van der Waals surface area contributed by atoms with Crippen molar-refractivity contribution in [2.24, 2.45) is 5.92 Å². The molecule has 0 bridgehead atoms. The topological polar surface area (TPSA) is 48.0 Å². The molecule has 0 aromatic carbocycles. The molecule has 1 aromatic heterocycles. The van der Waals surface area contributed by atoms with Crippen LogP contribution in [0, 0.1) is 19.8 Å². The van der Waals surface area contributed by atoms with Crippen molar-refractivity contribution < 1.29 is 5.11 Å². The summed E-state index contributed by atoms with van der Waals surface area (Å²) in [5, 5.41) is 13.6. The third kappa shape index (κ3) is 2.24. The SMILES string of the molecule is Cc1cc(C(O)C2CCCNC2)c(C)[nH]1. The van der Waals surface area contributed by atoms with Crippen LogP contribution < -0.4 is 5.32 Å². The maximum Gasteiger partial charge on any atom is 0.0847 e. The van der Waals surface area contributed by atoms with Crippen LogP contribution in [0.25, 0.3) is 0 Å². The minimum Gasteiger partial charge on any atom is -0.388 e. The summed E-state index contributed by atoms with van der Waals surface area (Å²) in [4.78, 5) is 3.25. The average molecular weight is 208 g/mol. The van der Waals surface area contributed by atoms with Crippen LogP contribution in [0.2, 0.25) is 0 Å². The van der Waals surface area contributed by atoms with E-state index in [1.807, 2.05) is 13.8 Å². The molecule has 0 amide bonds. The van der Waals surface area contributed by atoms with Crippen molar-refractivity contribution in [1.82, 2.24) is 10.3 Å². The summed E-state index contributed by atoms with van der Waals surface area (Å²) < 4.78 is 0. The molecule has 1 aliphatic rings. The standard InChI is InChI=1S/C12H20N2O/c1-8-6-11(9(2)14-8)12(15)10-4-3-5-13-7-10/h6,10,12-15H,3-5,7H2,1-2H3. The Hall–Kier alpha value is -0.800. The first-order chi connectivity index (χ1) is 7.18. The summed E-state index contributed by atoms with van der Waals surface area (Å²) >= 11 is 0. The first kappa shape index (κ1) is 10.7. The first-order valence-electron chi connectivity index (χ1n) is 5.73. The predicted molar refractivity (Wildman–Crippen MR) is 60.8 cm³/mol. The van der Waals surface area contributed by atoms with Gasteiger partial charge in [-0.3, -0.25) is 0 Å². The molecule has 1 aliphatic heterocycles. The van der Waals surface area contributed by atoms with E-state index < -0.39 is 0 Å². The van der Waals surface area contributed by atoms with Gasteiger partial charge in [0.1, 0.15) is 0 Å². The minimum absolute atomic E-state index is 0.317. The van der Waals surface area contributed by atoms with Crippen molar-refractivity contribution in [1.29, 1.82) is 0 Å². The molecule has 0 spiro atoms. The fourth-order valence-electron chi connectivity index (χ4n) is 2.45. The molecule has 0 aliphatic carbocycles. The number of hydrogen-bond donors (Lipinski definition) is 3. The Kier molecular flexibility index (Phi) is 3.12. The number of hydrogen-bond acceptors (Lipinski definition) is 2. The van der Waals surface area contributed by atoms with Gasteiger partial charge >= 0.3 is 0 Å². The summed E-state index contributed by atoms with van der Waals surface area (Å²) in [5.41, 5.74) is 3.30. The normalized spacial score (nSPS) is 24.1. The largest absolute Gasteiger partial charge is 0.388 e. The summed E-state index contributed by atoms with van der Waals surface area (Å²) in [5.74, 6) is 0.368. The van der Waals surface area contributed by atoms with Gasteiger partial charge in [-0.2, -0.15) is 0 Å². The zero-order chi connectivity index (χ0) is 10.8. The Morgan fingerprint density at radius 1 is 1.47 bits per heavy atom. The fourth-order valence-corrected chi connectivity index (χ4v) is 2.45. The monoisotopic (exact) mass is 208 g/mol. The first-order valence-corrected chi connectivity index (χ1v) is 5.73. The summed E-state index contributed by atoms with van der Waals surface area (Å²) in [6.07, 6.45) is 1.98. The second-order valence-corrected chi connectivity index (χ2v) is 4.58. The summed E-state index contributed by atoms with van der Waals surface area (Å²) in [6.45, 7) is 6.09. The number of aliphatic hydroxyl groups is 1. The Bertz CT molecular complexity index is 326. The number of aromatic amines is 1. The Morgan fingerprint density at radius 3 is 2.80 bits per heavy atom. The van der Waals surface area contributed by atoms with Gasteiger partial charge < -0.3 is 15.4 Å². The molecular weight excluding hydrogens is 188 g/mol. The molecule has 3 N–H and O–H groups in total. The van der Waals surface area contributed by atoms with Gasteiger partial charge in [-0.25, -0.2) is 0 Å². The summed E-state index contributed by atoms with van der Waals surface area (Å²) in [7, 11) is 0. The maximum atomic E-state index is 10.3. The third-order valence-electron chi connectivity index (χ3n) is 3.29. The molecule has 0 saturated carbocycles. The average Bonchev–Trinajstić information content (AvgIpc) is 2.58. The van der Waals surface area contributed by atoms with Crippen molar-refractivity contribution in [3.63, 3.8) is 0 Å². The van der Waals surface area contributed by atoms with Crippen LogP contribution in [0.1, 0.15) is 35.9 Å². The number of piperidine rings is 1. The third-order valence-corrected chi connectivity index (χ3v) is 3.29. The maximum absolute atomic E-state index is 10.3. The van der Waals surface area contributed by atoms with Crippen LogP contribution in [0.15, 0.2) is 6.07 Å². The van der Waals surface area contributed by atoms with Crippen molar-refractivity contribution in [3.05, 3.63) is 23.0 Å². The second kappa shape index (κ2) is 4.37. The number of H-pyrrole nitrogens is 1. The quantitative estimate of drug-likeness (QED) is 0.692. The van der Waals surface area contributed by atoms with Crippen LogP contribution in [-0.4, -0.2) is 23.2 Å². The van der Waals surface area contributed by atoms with Crippen LogP contribution in [0.4, 0.5) is 0 Å². The smallest absolute Gasteiger partial charge is 0.0847 e. The van der Waals surface area contributed by atoms with E-state index in [0.717, 1.165) is 36.5 Å². The van der Waals surface area contributed by atoms with E-state index in [2.05, 4.69) is 16.4 Å². The number of aliphatic hydroxyl groups excluding tert-OH is 1. The molecule has 15 heavy (non-hydrogen) atoms. The van der Waals surface area contributed by atoms with Crippen molar-refractivity contribution in [2.45, 2.75) is 32.8 Å². The Labute approximate surface area is 90.9 Å². The highest BCUT2D eigenvalue weighted by atomic mass is 16.3. The lowest BCUT2D eigenvalue weighted by Gasteiger charge is -2.27. The van der Waals surface area contributed by atoms with Gasteiger partial charge in [0.25, 0.3) is 0 Å². The van der Waals surface area contributed by atoms with E-state index in [4.69, 9.17) is 0 Å². The predicted octanol–water partition coefficient (Wildman–Crippen LogP) is 1.66. The van der Waals surface area contributed by atoms with Crippen LogP contribution >= 0.6 is 0 Å². The zero-order valence-corrected chi connectivity index (χ0v) is 9.51. The van der Waals surface area contributed by atoms with Crippen LogP contribution in [-0.2, 0) is 0 Å². The van der Waals surface area contributed by atoms with E-state index in [-0.39, 0.29) is 6.10 Å². The Morgan fingerprint density at radius 2 is 2.27 bits per heavy atom. The lowest BCUT2D eigenvalue weighted by Crippen LogP contribution is -2.33. The molecule has 1 fully saturated rings. The molecule has 2 heterocycles. The van der Waals surface area contributed by atoms with E-state index >= 15 is 0 Å². The zero-order valence-electron chi connectivity index (χ0n) is 9.51. The van der Waals surface area contributed by atoms with Gasteiger partial charge in [0.05, 0.1) is 6.10 Å². The molecule has 3 heteroatoms.